The number of rotatable bonds is 7. The van der Waals surface area contributed by atoms with Crippen molar-refractivity contribution in [2.45, 2.75) is 32.5 Å². The molecule has 4 rings (SSSR count). The van der Waals surface area contributed by atoms with Gasteiger partial charge in [0, 0.05) is 44.1 Å². The van der Waals surface area contributed by atoms with Crippen molar-refractivity contribution in [2.75, 3.05) is 46.2 Å². The molecule has 1 amide bonds. The highest BCUT2D eigenvalue weighted by atomic mass is 32.2. The number of amides is 1. The summed E-state index contributed by atoms with van der Waals surface area (Å²) in [5, 5.41) is 5.05. The van der Waals surface area contributed by atoms with Crippen molar-refractivity contribution >= 4 is 23.4 Å². The number of hydrogen-bond donors (Lipinski definition) is 0. The third-order valence-electron chi connectivity index (χ3n) is 5.88. The minimum Gasteiger partial charge on any atom is -0.493 e. The van der Waals surface area contributed by atoms with Gasteiger partial charge < -0.3 is 14.4 Å². The van der Waals surface area contributed by atoms with Crippen molar-refractivity contribution in [3.05, 3.63) is 40.7 Å². The third-order valence-corrected chi connectivity index (χ3v) is 6.71. The first-order chi connectivity index (χ1) is 15.9. The second-order valence-corrected chi connectivity index (χ2v) is 9.17. The van der Waals surface area contributed by atoms with E-state index in [0.29, 0.717) is 29.8 Å². The average molecular weight is 471 g/mol. The number of aryl methyl sites for hydroxylation is 3. The molecule has 0 spiro atoms. The number of piperazine rings is 1. The van der Waals surface area contributed by atoms with Crippen LogP contribution in [0, 0.1) is 20.8 Å². The van der Waals surface area contributed by atoms with Crippen LogP contribution in [0.4, 0.5) is 0 Å². The quantitative estimate of drug-likeness (QED) is 0.487. The molecule has 0 N–H and O–H groups in total. The Morgan fingerprint density at radius 1 is 1.00 bits per heavy atom. The smallest absolute Gasteiger partial charge is 0.253 e. The summed E-state index contributed by atoms with van der Waals surface area (Å²) >= 11 is 1.36. The Morgan fingerprint density at radius 3 is 2.39 bits per heavy atom. The second-order valence-electron chi connectivity index (χ2n) is 8.22. The number of aromatic nitrogens is 4. The van der Waals surface area contributed by atoms with E-state index in [9.17, 15) is 4.79 Å². The number of carbonyl (C=O) groups excluding carboxylic acids is 1. The molecule has 0 unspecified atom stereocenters. The summed E-state index contributed by atoms with van der Waals surface area (Å²) in [5.41, 5.74) is 4.26. The Kier molecular flexibility index (Phi) is 7.04. The summed E-state index contributed by atoms with van der Waals surface area (Å²) in [7, 11) is 3.30. The maximum absolute atomic E-state index is 12.8. The van der Waals surface area contributed by atoms with Gasteiger partial charge in [-0.3, -0.25) is 9.69 Å². The average Bonchev–Trinajstić information content (AvgIpc) is 3.22. The molecule has 1 aromatic carbocycles. The highest BCUT2D eigenvalue weighted by molar-refractivity contribution is 7.99. The van der Waals surface area contributed by atoms with Gasteiger partial charge in [-0.2, -0.15) is 4.98 Å². The minimum atomic E-state index is 0.113. The topological polar surface area (TPSA) is 85.1 Å². The number of thioether (sulfide) groups is 1. The molecule has 1 aliphatic rings. The zero-order valence-corrected chi connectivity index (χ0v) is 20.6. The van der Waals surface area contributed by atoms with Crippen LogP contribution in [0.1, 0.15) is 22.5 Å². The molecule has 1 saturated heterocycles. The summed E-state index contributed by atoms with van der Waals surface area (Å²) in [4.78, 5) is 25.9. The maximum atomic E-state index is 12.8. The number of fused-ring (bicyclic) bond motifs is 1. The number of hydrogen-bond acceptors (Lipinski definition) is 8. The van der Waals surface area contributed by atoms with E-state index in [4.69, 9.17) is 9.47 Å². The fraction of sp³-hybridized carbons (Fsp3) is 0.478. The highest BCUT2D eigenvalue weighted by Gasteiger charge is 2.22. The van der Waals surface area contributed by atoms with Gasteiger partial charge in [-0.05, 0) is 50.1 Å². The molecule has 1 fully saturated rings. The molecule has 0 saturated carbocycles. The van der Waals surface area contributed by atoms with E-state index in [2.05, 4.69) is 26.9 Å². The molecule has 1 aliphatic heterocycles. The molecule has 0 bridgehead atoms. The molecule has 176 valence electrons. The molecule has 3 aromatic rings. The van der Waals surface area contributed by atoms with Crippen LogP contribution in [0.5, 0.6) is 11.5 Å². The number of nitrogens with zero attached hydrogens (tertiary/aromatic N) is 6. The van der Waals surface area contributed by atoms with Crippen LogP contribution in [0.15, 0.2) is 23.4 Å². The van der Waals surface area contributed by atoms with Gasteiger partial charge >= 0.3 is 0 Å². The van der Waals surface area contributed by atoms with Gasteiger partial charge in [0.15, 0.2) is 11.5 Å². The molecule has 0 atom stereocenters. The van der Waals surface area contributed by atoms with Crippen molar-refractivity contribution in [3.8, 4) is 11.5 Å². The lowest BCUT2D eigenvalue weighted by molar-refractivity contribution is -0.130. The maximum Gasteiger partial charge on any atom is 0.253 e. The van der Waals surface area contributed by atoms with Crippen LogP contribution < -0.4 is 9.47 Å². The Balaban J connectivity index is 1.30. The van der Waals surface area contributed by atoms with Crippen LogP contribution in [0.25, 0.3) is 5.78 Å². The number of methoxy groups -OCH3 is 2. The predicted octanol–water partition coefficient (Wildman–Crippen LogP) is 2.50. The largest absolute Gasteiger partial charge is 0.493 e. The van der Waals surface area contributed by atoms with Gasteiger partial charge in [0.1, 0.15) is 0 Å². The molecule has 33 heavy (non-hydrogen) atoms. The molecule has 9 nitrogen and oxygen atoms in total. The predicted molar refractivity (Wildman–Crippen MR) is 127 cm³/mol. The van der Waals surface area contributed by atoms with Crippen LogP contribution in [-0.4, -0.2) is 81.4 Å². The first-order valence-electron chi connectivity index (χ1n) is 10.9. The van der Waals surface area contributed by atoms with Gasteiger partial charge in [-0.25, -0.2) is 9.50 Å². The monoisotopic (exact) mass is 470 g/mol. The first-order valence-corrected chi connectivity index (χ1v) is 11.9. The first kappa shape index (κ1) is 23.3. The van der Waals surface area contributed by atoms with E-state index in [-0.39, 0.29) is 5.91 Å². The number of carbonyl (C=O) groups is 1. The standard InChI is InChI=1S/C23H30N6O3S/c1-15-10-19(31-4)20(32-5)12-18(15)13-27-6-8-28(9-7-27)21(30)14-33-23-25-22-24-16(2)11-17(3)29(22)26-23/h10-12H,6-9,13-14H2,1-5H3. The lowest BCUT2D eigenvalue weighted by Crippen LogP contribution is -2.48. The Labute approximate surface area is 198 Å². The summed E-state index contributed by atoms with van der Waals surface area (Å²) in [6, 6.07) is 6.02. The van der Waals surface area contributed by atoms with E-state index >= 15 is 0 Å². The van der Waals surface area contributed by atoms with Crippen molar-refractivity contribution in [2.24, 2.45) is 0 Å². The van der Waals surface area contributed by atoms with Crippen molar-refractivity contribution in [1.29, 1.82) is 0 Å². The Bertz CT molecular complexity index is 1160. The van der Waals surface area contributed by atoms with E-state index in [1.807, 2.05) is 36.9 Å². The molecular formula is C23H30N6O3S. The zero-order chi connectivity index (χ0) is 23.5. The number of benzene rings is 1. The lowest BCUT2D eigenvalue weighted by Gasteiger charge is -2.35. The SMILES string of the molecule is COc1cc(C)c(CN2CCN(C(=O)CSc3nc4nc(C)cc(C)n4n3)CC2)cc1OC. The van der Waals surface area contributed by atoms with Crippen LogP contribution in [0.3, 0.4) is 0 Å². The van der Waals surface area contributed by atoms with Crippen LogP contribution in [-0.2, 0) is 11.3 Å². The van der Waals surface area contributed by atoms with Crippen LogP contribution >= 0.6 is 11.8 Å². The fourth-order valence-electron chi connectivity index (χ4n) is 4.02. The third kappa shape index (κ3) is 5.22. The molecule has 10 heteroatoms. The van der Waals surface area contributed by atoms with Crippen LogP contribution in [0.2, 0.25) is 0 Å². The highest BCUT2D eigenvalue weighted by Crippen LogP contribution is 2.31. The molecule has 3 heterocycles. The molecule has 2 aromatic heterocycles. The lowest BCUT2D eigenvalue weighted by atomic mass is 10.1. The molecular weight excluding hydrogens is 440 g/mol. The van der Waals surface area contributed by atoms with Crippen molar-refractivity contribution in [3.63, 3.8) is 0 Å². The van der Waals surface area contributed by atoms with Gasteiger partial charge in [0.2, 0.25) is 11.1 Å². The zero-order valence-electron chi connectivity index (χ0n) is 19.8. The fourth-order valence-corrected chi connectivity index (χ4v) is 4.74. The molecule has 0 radical (unpaired) electrons. The number of ether oxygens (including phenoxy) is 2. The van der Waals surface area contributed by atoms with Gasteiger partial charge in [-0.15, -0.1) is 5.10 Å². The van der Waals surface area contributed by atoms with E-state index in [1.165, 1.54) is 22.9 Å². The summed E-state index contributed by atoms with van der Waals surface area (Å²) in [6.45, 7) is 9.90. The Hall–Kier alpha value is -2.85. The van der Waals surface area contributed by atoms with Gasteiger partial charge in [-0.1, -0.05) is 11.8 Å². The van der Waals surface area contributed by atoms with E-state index in [0.717, 1.165) is 42.5 Å². The van der Waals surface area contributed by atoms with E-state index < -0.39 is 0 Å². The normalized spacial score (nSPS) is 14.6. The van der Waals surface area contributed by atoms with E-state index in [1.54, 1.807) is 18.7 Å². The van der Waals surface area contributed by atoms with Crippen molar-refractivity contribution in [1.82, 2.24) is 29.4 Å². The molecule has 0 aliphatic carbocycles. The minimum absolute atomic E-state index is 0.113. The second kappa shape index (κ2) is 9.96. The van der Waals surface area contributed by atoms with Gasteiger partial charge in [0.05, 0.1) is 20.0 Å². The van der Waals surface area contributed by atoms with Gasteiger partial charge in [0.25, 0.3) is 5.78 Å². The van der Waals surface area contributed by atoms with Crippen molar-refractivity contribution < 1.29 is 14.3 Å². The summed E-state index contributed by atoms with van der Waals surface area (Å²) in [6.07, 6.45) is 0. The Morgan fingerprint density at radius 2 is 1.70 bits per heavy atom. The summed E-state index contributed by atoms with van der Waals surface area (Å²) in [5.74, 6) is 2.49. The summed E-state index contributed by atoms with van der Waals surface area (Å²) < 4.78 is 12.6.